The van der Waals surface area contributed by atoms with Crippen molar-refractivity contribution in [1.29, 1.82) is 0 Å². The zero-order valence-corrected chi connectivity index (χ0v) is 13.0. The number of nitrogens with zero attached hydrogens (tertiary/aromatic N) is 2. The van der Waals surface area contributed by atoms with Crippen LogP contribution in [0.5, 0.6) is 0 Å². The normalized spacial score (nSPS) is 21.1. The molecule has 1 N–H and O–H groups in total. The zero-order valence-electron chi connectivity index (χ0n) is 13.0. The van der Waals surface area contributed by atoms with Crippen LogP contribution in [-0.4, -0.2) is 64.8 Å². The lowest BCUT2D eigenvalue weighted by Gasteiger charge is -2.43. The number of hydrogen-bond donors (Lipinski definition) is 1. The lowest BCUT2D eigenvalue weighted by atomic mass is 10.00. The van der Waals surface area contributed by atoms with Gasteiger partial charge in [0.05, 0.1) is 12.6 Å². The number of piperazine rings is 1. The van der Waals surface area contributed by atoms with Crippen LogP contribution < -0.4 is 0 Å². The minimum absolute atomic E-state index is 0.0158. The summed E-state index contributed by atoms with van der Waals surface area (Å²) < 4.78 is 5.43. The summed E-state index contributed by atoms with van der Waals surface area (Å²) in [5.41, 5.74) is -0.517. The molecule has 0 aromatic heterocycles. The highest BCUT2D eigenvalue weighted by Gasteiger charge is 2.35. The van der Waals surface area contributed by atoms with Gasteiger partial charge in [0.25, 0.3) is 0 Å². The van der Waals surface area contributed by atoms with E-state index in [1.54, 1.807) is 4.90 Å². The fraction of sp³-hybridized carbons (Fsp3) is 0.857. The molecule has 116 valence electrons. The number of hydrogen-bond acceptors (Lipinski definition) is 4. The molecule has 1 rings (SSSR count). The van der Waals surface area contributed by atoms with Crippen molar-refractivity contribution in [1.82, 2.24) is 9.80 Å². The Hall–Kier alpha value is -1.30. The molecular weight excluding hydrogens is 260 g/mol. The molecule has 1 aliphatic rings. The second-order valence-corrected chi connectivity index (χ2v) is 6.61. The van der Waals surface area contributed by atoms with E-state index in [9.17, 15) is 9.59 Å². The predicted molar refractivity (Wildman–Crippen MR) is 75.6 cm³/mol. The Labute approximate surface area is 120 Å². The Kier molecular flexibility index (Phi) is 5.39. The van der Waals surface area contributed by atoms with Crippen LogP contribution in [0.3, 0.4) is 0 Å². The van der Waals surface area contributed by atoms with E-state index >= 15 is 0 Å². The minimum Gasteiger partial charge on any atom is -0.480 e. The van der Waals surface area contributed by atoms with E-state index in [2.05, 4.69) is 0 Å². The number of rotatable bonds is 3. The van der Waals surface area contributed by atoms with Gasteiger partial charge >= 0.3 is 12.1 Å². The molecule has 20 heavy (non-hydrogen) atoms. The molecule has 0 unspecified atom stereocenters. The molecule has 1 atom stereocenters. The van der Waals surface area contributed by atoms with Crippen molar-refractivity contribution in [3.8, 4) is 0 Å². The number of aliphatic carboxylic acids is 1. The van der Waals surface area contributed by atoms with Crippen LogP contribution in [0.15, 0.2) is 0 Å². The molecule has 0 aliphatic carbocycles. The first-order chi connectivity index (χ1) is 9.10. The maximum absolute atomic E-state index is 12.2. The van der Waals surface area contributed by atoms with E-state index in [1.807, 2.05) is 39.5 Å². The Morgan fingerprint density at radius 2 is 1.90 bits per heavy atom. The zero-order chi connectivity index (χ0) is 15.5. The predicted octanol–water partition coefficient (Wildman–Crippen LogP) is 1.65. The molecule has 1 saturated heterocycles. The lowest BCUT2D eigenvalue weighted by Crippen LogP contribution is -2.58. The molecule has 6 nitrogen and oxygen atoms in total. The van der Waals surface area contributed by atoms with Crippen molar-refractivity contribution in [2.24, 2.45) is 5.92 Å². The number of ether oxygens (including phenoxy) is 1. The van der Waals surface area contributed by atoms with Gasteiger partial charge < -0.3 is 14.7 Å². The van der Waals surface area contributed by atoms with Crippen LogP contribution in [-0.2, 0) is 9.53 Å². The van der Waals surface area contributed by atoms with Gasteiger partial charge in [-0.05, 0) is 26.7 Å². The van der Waals surface area contributed by atoms with E-state index in [1.165, 1.54) is 0 Å². The van der Waals surface area contributed by atoms with E-state index in [-0.39, 0.29) is 24.6 Å². The fourth-order valence-electron chi connectivity index (χ4n) is 2.32. The molecule has 0 aromatic carbocycles. The van der Waals surface area contributed by atoms with Crippen LogP contribution in [0.25, 0.3) is 0 Å². The minimum atomic E-state index is -0.835. The lowest BCUT2D eigenvalue weighted by molar-refractivity contribution is -0.139. The van der Waals surface area contributed by atoms with Gasteiger partial charge in [0, 0.05) is 19.6 Å². The molecule has 0 aromatic rings. The van der Waals surface area contributed by atoms with Gasteiger partial charge in [-0.2, -0.15) is 0 Å². The molecule has 0 spiro atoms. The maximum atomic E-state index is 12.2. The molecular formula is C14H26N2O4. The third-order valence-electron chi connectivity index (χ3n) is 3.26. The van der Waals surface area contributed by atoms with Crippen LogP contribution in [0.4, 0.5) is 4.79 Å². The van der Waals surface area contributed by atoms with Crippen LogP contribution in [0.1, 0.15) is 34.6 Å². The maximum Gasteiger partial charge on any atom is 0.410 e. The third-order valence-corrected chi connectivity index (χ3v) is 3.26. The van der Waals surface area contributed by atoms with Crippen molar-refractivity contribution in [2.45, 2.75) is 46.3 Å². The number of amides is 1. The Morgan fingerprint density at radius 3 is 2.35 bits per heavy atom. The van der Waals surface area contributed by atoms with E-state index in [4.69, 9.17) is 9.84 Å². The van der Waals surface area contributed by atoms with Gasteiger partial charge in [-0.15, -0.1) is 0 Å². The summed E-state index contributed by atoms with van der Waals surface area (Å²) in [5, 5.41) is 8.87. The fourth-order valence-corrected chi connectivity index (χ4v) is 2.32. The second kappa shape index (κ2) is 6.43. The summed E-state index contributed by atoms with van der Waals surface area (Å²) >= 11 is 0. The first-order valence-electron chi connectivity index (χ1n) is 7.04. The van der Waals surface area contributed by atoms with Crippen LogP contribution in [0.2, 0.25) is 0 Å². The highest BCUT2D eigenvalue weighted by Crippen LogP contribution is 2.20. The molecule has 1 heterocycles. The van der Waals surface area contributed by atoms with Crippen LogP contribution >= 0.6 is 0 Å². The molecule has 0 radical (unpaired) electrons. The van der Waals surface area contributed by atoms with Crippen molar-refractivity contribution in [3.05, 3.63) is 0 Å². The van der Waals surface area contributed by atoms with Gasteiger partial charge in [0.15, 0.2) is 0 Å². The molecule has 6 heteroatoms. The molecule has 1 aliphatic heterocycles. The number of carboxylic acid groups (broad SMARTS) is 1. The Morgan fingerprint density at radius 1 is 1.30 bits per heavy atom. The van der Waals surface area contributed by atoms with Gasteiger partial charge in [-0.3, -0.25) is 9.69 Å². The largest absolute Gasteiger partial charge is 0.480 e. The second-order valence-electron chi connectivity index (χ2n) is 6.61. The summed E-state index contributed by atoms with van der Waals surface area (Å²) in [6.07, 6.45) is -0.314. The average Bonchev–Trinajstić information content (AvgIpc) is 2.25. The highest BCUT2D eigenvalue weighted by molar-refractivity contribution is 5.70. The van der Waals surface area contributed by atoms with Gasteiger partial charge in [0.1, 0.15) is 5.60 Å². The summed E-state index contributed by atoms with van der Waals surface area (Å²) in [7, 11) is 0. The summed E-state index contributed by atoms with van der Waals surface area (Å²) in [4.78, 5) is 26.6. The van der Waals surface area contributed by atoms with E-state index in [0.717, 1.165) is 0 Å². The monoisotopic (exact) mass is 286 g/mol. The van der Waals surface area contributed by atoms with E-state index < -0.39 is 11.6 Å². The van der Waals surface area contributed by atoms with Gasteiger partial charge in [-0.1, -0.05) is 13.8 Å². The quantitative estimate of drug-likeness (QED) is 0.854. The number of carboxylic acids is 1. The van der Waals surface area contributed by atoms with Gasteiger partial charge in [0.2, 0.25) is 0 Å². The third kappa shape index (κ3) is 5.00. The topological polar surface area (TPSA) is 70.1 Å². The first-order valence-corrected chi connectivity index (χ1v) is 7.04. The highest BCUT2D eigenvalue weighted by atomic mass is 16.6. The molecule has 0 saturated carbocycles. The molecule has 0 bridgehead atoms. The van der Waals surface area contributed by atoms with Gasteiger partial charge in [-0.25, -0.2) is 4.79 Å². The summed E-state index contributed by atoms with van der Waals surface area (Å²) in [5.74, 6) is -0.586. The van der Waals surface area contributed by atoms with Crippen LogP contribution in [0, 0.1) is 5.92 Å². The molecule has 1 fully saturated rings. The van der Waals surface area contributed by atoms with Crippen molar-refractivity contribution in [2.75, 3.05) is 26.2 Å². The number of carbonyl (C=O) groups excluding carboxylic acids is 1. The Balaban J connectivity index is 2.72. The summed E-state index contributed by atoms with van der Waals surface area (Å²) in [6.45, 7) is 11.3. The van der Waals surface area contributed by atoms with E-state index in [0.29, 0.717) is 19.6 Å². The van der Waals surface area contributed by atoms with Crippen molar-refractivity contribution < 1.29 is 19.4 Å². The smallest absolute Gasteiger partial charge is 0.410 e. The Bertz CT molecular complexity index is 363. The summed E-state index contributed by atoms with van der Waals surface area (Å²) in [6, 6.07) is -0.0158. The van der Waals surface area contributed by atoms with Crippen molar-refractivity contribution >= 4 is 12.1 Å². The molecule has 1 amide bonds. The average molecular weight is 286 g/mol. The van der Waals surface area contributed by atoms with Crippen molar-refractivity contribution in [3.63, 3.8) is 0 Å². The SMILES string of the molecule is CC(C)[C@@H]1CN(CC(=O)O)CCN1C(=O)OC(C)(C)C. The number of carbonyl (C=O) groups is 2. The standard InChI is InChI=1S/C14H26N2O4/c1-10(2)11-8-15(9-12(17)18)6-7-16(11)13(19)20-14(3,4)5/h10-11H,6-9H2,1-5H3,(H,17,18)/t11-/m0/s1. The first kappa shape index (κ1) is 16.8.